The number of hydrogen-bond acceptors (Lipinski definition) is 6. The van der Waals surface area contributed by atoms with Gasteiger partial charge in [0.2, 0.25) is 11.8 Å². The molecule has 0 bridgehead atoms. The fourth-order valence-electron chi connectivity index (χ4n) is 5.84. The molecule has 4 aromatic carbocycles. The van der Waals surface area contributed by atoms with Crippen molar-refractivity contribution >= 4 is 51.9 Å². The molecule has 1 amide bonds. The highest BCUT2D eigenvalue weighted by molar-refractivity contribution is 9.10. The lowest BCUT2D eigenvalue weighted by Crippen LogP contribution is -2.47. The molecule has 0 spiro atoms. The van der Waals surface area contributed by atoms with Gasteiger partial charge >= 0.3 is 6.18 Å². The molecule has 55 heavy (non-hydrogen) atoms. The number of benzene rings is 4. The number of aryl methyl sites for hydroxylation is 1. The van der Waals surface area contributed by atoms with Gasteiger partial charge in [0.25, 0.3) is 0 Å². The monoisotopic (exact) mass is 855 g/mol. The summed E-state index contributed by atoms with van der Waals surface area (Å²) in [6.45, 7) is 6.26. The maximum Gasteiger partial charge on any atom is 0.416 e. The van der Waals surface area contributed by atoms with E-state index in [0.717, 1.165) is 59.5 Å². The Labute approximate surface area is 338 Å². The van der Waals surface area contributed by atoms with E-state index in [1.54, 1.807) is 30.4 Å². The Kier molecular flexibility index (Phi) is 14.6. The second-order valence-corrected chi connectivity index (χ2v) is 14.2. The predicted octanol–water partition coefficient (Wildman–Crippen LogP) is 10.6. The summed E-state index contributed by atoms with van der Waals surface area (Å²) in [5.41, 5.74) is 3.87. The minimum atomic E-state index is -4.39. The van der Waals surface area contributed by atoms with Crippen molar-refractivity contribution in [3.05, 3.63) is 152 Å². The zero-order valence-electron chi connectivity index (χ0n) is 29.9. The van der Waals surface area contributed by atoms with Crippen LogP contribution in [-0.4, -0.2) is 53.5 Å². The van der Waals surface area contributed by atoms with Crippen LogP contribution in [0.4, 0.5) is 13.2 Å². The number of rotatable bonds is 13. The van der Waals surface area contributed by atoms with Gasteiger partial charge in [0.05, 0.1) is 23.4 Å². The molecule has 6 rings (SSSR count). The molecular weight excluding hydrogens is 818 g/mol. The minimum Gasteiger partial charge on any atom is -0.493 e. The van der Waals surface area contributed by atoms with E-state index in [0.29, 0.717) is 41.8 Å². The number of halogens is 6. The number of carbonyl (C=O) groups excluding carboxylic acids is 1. The molecule has 0 unspecified atom stereocenters. The van der Waals surface area contributed by atoms with Crippen LogP contribution in [0.2, 0.25) is 5.02 Å². The van der Waals surface area contributed by atoms with Crippen LogP contribution in [0.5, 0.6) is 23.1 Å². The van der Waals surface area contributed by atoms with E-state index in [1.807, 2.05) is 42.2 Å². The Bertz CT molecular complexity index is 2020. The second kappa shape index (κ2) is 19.4. The molecule has 1 fully saturated rings. The first-order valence-corrected chi connectivity index (χ1v) is 18.5. The van der Waals surface area contributed by atoms with Gasteiger partial charge in [-0.2, -0.15) is 13.2 Å². The average molecular weight is 858 g/mol. The van der Waals surface area contributed by atoms with Gasteiger partial charge < -0.3 is 19.1 Å². The lowest BCUT2D eigenvalue weighted by molar-refractivity contribution is -0.137. The third-order valence-corrected chi connectivity index (χ3v) is 9.67. The van der Waals surface area contributed by atoms with Gasteiger partial charge in [0.15, 0.2) is 5.75 Å². The van der Waals surface area contributed by atoms with E-state index >= 15 is 0 Å². The first-order valence-electron chi connectivity index (χ1n) is 17.4. The summed E-state index contributed by atoms with van der Waals surface area (Å²) in [6, 6.07) is 28.2. The minimum absolute atomic E-state index is 0. The van der Waals surface area contributed by atoms with Crippen LogP contribution in [0.15, 0.2) is 114 Å². The Hall–Kier alpha value is -4.55. The molecule has 0 N–H and O–H groups in total. The summed E-state index contributed by atoms with van der Waals surface area (Å²) >= 11 is 10.0. The molecule has 13 heteroatoms. The lowest BCUT2D eigenvalue weighted by atomic mass is 10.1. The van der Waals surface area contributed by atoms with Crippen molar-refractivity contribution < 1.29 is 32.2 Å². The van der Waals surface area contributed by atoms with Crippen molar-refractivity contribution in [2.24, 2.45) is 0 Å². The Morgan fingerprint density at radius 3 is 2.15 bits per heavy atom. The van der Waals surface area contributed by atoms with Crippen molar-refractivity contribution in [1.29, 1.82) is 0 Å². The number of aromatic nitrogens is 1. The number of carbonyl (C=O) groups is 1. The van der Waals surface area contributed by atoms with Crippen LogP contribution in [0.3, 0.4) is 0 Å². The topological polar surface area (TPSA) is 64.1 Å². The highest BCUT2D eigenvalue weighted by Gasteiger charge is 2.30. The maximum absolute atomic E-state index is 13.0. The van der Waals surface area contributed by atoms with E-state index in [4.69, 9.17) is 25.8 Å². The summed E-state index contributed by atoms with van der Waals surface area (Å²) in [6.07, 6.45) is 1.24. The van der Waals surface area contributed by atoms with E-state index in [2.05, 4.69) is 50.1 Å². The van der Waals surface area contributed by atoms with E-state index in [9.17, 15) is 18.0 Å². The van der Waals surface area contributed by atoms with Gasteiger partial charge in [-0.25, -0.2) is 4.98 Å². The van der Waals surface area contributed by atoms with Crippen LogP contribution in [0.1, 0.15) is 33.4 Å². The van der Waals surface area contributed by atoms with E-state index < -0.39 is 11.7 Å². The number of hydrogen-bond donors (Lipinski definition) is 0. The molecule has 288 valence electrons. The summed E-state index contributed by atoms with van der Waals surface area (Å²) in [7, 11) is 0. The van der Waals surface area contributed by atoms with Gasteiger partial charge in [0.1, 0.15) is 18.1 Å². The SMILES string of the molecule is Cc1cc(/C=C/C(=O)N2CCN(Cc3ccc(CCOc4ccc(Br)cc4)cc3)CC2)cc(Cl)c1Oc1ccc(OCc2ccc(C(F)(F)F)cc2)cn1.Cl. The average Bonchev–Trinajstić information content (AvgIpc) is 3.16. The fraction of sp³-hybridized carbons (Fsp3) is 0.238. The van der Waals surface area contributed by atoms with Gasteiger partial charge in [0, 0.05) is 55.8 Å². The van der Waals surface area contributed by atoms with Gasteiger partial charge in [-0.3, -0.25) is 9.69 Å². The van der Waals surface area contributed by atoms with Crippen LogP contribution < -0.4 is 14.2 Å². The summed E-state index contributed by atoms with van der Waals surface area (Å²) in [5.74, 6) is 1.95. The Morgan fingerprint density at radius 1 is 0.855 bits per heavy atom. The molecule has 7 nitrogen and oxygen atoms in total. The molecular formula is C42H39BrCl2F3N3O4. The normalized spacial score (nSPS) is 13.4. The molecule has 2 heterocycles. The summed E-state index contributed by atoms with van der Waals surface area (Å²) < 4.78 is 56.9. The van der Waals surface area contributed by atoms with Crippen molar-refractivity contribution in [3.63, 3.8) is 0 Å². The van der Waals surface area contributed by atoms with Crippen molar-refractivity contribution in [2.75, 3.05) is 32.8 Å². The quantitative estimate of drug-likeness (QED) is 0.110. The molecule has 1 saturated heterocycles. The van der Waals surface area contributed by atoms with Gasteiger partial charge in [-0.05, 0) is 95.4 Å². The number of nitrogens with zero attached hydrogens (tertiary/aromatic N) is 3. The lowest BCUT2D eigenvalue weighted by Gasteiger charge is -2.34. The van der Waals surface area contributed by atoms with Crippen LogP contribution in [0, 0.1) is 6.92 Å². The third-order valence-electron chi connectivity index (χ3n) is 8.86. The number of ether oxygens (including phenoxy) is 3. The zero-order chi connectivity index (χ0) is 38.1. The molecule has 0 radical (unpaired) electrons. The molecule has 1 aliphatic heterocycles. The number of pyridine rings is 1. The third kappa shape index (κ3) is 12.2. The summed E-state index contributed by atoms with van der Waals surface area (Å²) in [5, 5.41) is 0.363. The van der Waals surface area contributed by atoms with Crippen molar-refractivity contribution in [1.82, 2.24) is 14.8 Å². The fourth-order valence-corrected chi connectivity index (χ4v) is 6.42. The highest BCUT2D eigenvalue weighted by Crippen LogP contribution is 2.34. The highest BCUT2D eigenvalue weighted by atomic mass is 79.9. The molecule has 5 aromatic rings. The molecule has 1 aromatic heterocycles. The van der Waals surface area contributed by atoms with Crippen molar-refractivity contribution in [3.8, 4) is 23.1 Å². The maximum atomic E-state index is 13.0. The molecule has 0 aliphatic carbocycles. The van der Waals surface area contributed by atoms with Crippen molar-refractivity contribution in [2.45, 2.75) is 32.7 Å². The molecule has 0 atom stereocenters. The Morgan fingerprint density at radius 2 is 1.51 bits per heavy atom. The first-order chi connectivity index (χ1) is 26.0. The Balaban J connectivity index is 0.00000580. The zero-order valence-corrected chi connectivity index (χ0v) is 33.1. The van der Waals surface area contributed by atoms with Gasteiger partial charge in [-0.1, -0.05) is 63.9 Å². The number of piperazine rings is 1. The van der Waals surface area contributed by atoms with Crippen LogP contribution >= 0.6 is 39.9 Å². The van der Waals surface area contributed by atoms with E-state index in [1.165, 1.54) is 29.5 Å². The molecule has 1 aliphatic rings. The van der Waals surface area contributed by atoms with Crippen LogP contribution in [-0.2, 0) is 30.5 Å². The smallest absolute Gasteiger partial charge is 0.416 e. The van der Waals surface area contributed by atoms with Gasteiger partial charge in [-0.15, -0.1) is 12.4 Å². The predicted molar refractivity (Wildman–Crippen MR) is 214 cm³/mol. The molecule has 0 saturated carbocycles. The largest absolute Gasteiger partial charge is 0.493 e. The summed E-state index contributed by atoms with van der Waals surface area (Å²) in [4.78, 5) is 21.5. The number of amides is 1. The number of alkyl halides is 3. The van der Waals surface area contributed by atoms with E-state index in [-0.39, 0.29) is 30.8 Å². The first kappa shape index (κ1) is 41.6. The second-order valence-electron chi connectivity index (χ2n) is 12.9. The van der Waals surface area contributed by atoms with Crippen LogP contribution in [0.25, 0.3) is 6.08 Å². The standard InChI is InChI=1S/C42H38BrClF3N3O4.ClH/c1-29-24-33(25-38(44)41(29)54-39-16-15-37(26-48-39)53-28-32-6-9-34(10-7-32)42(45,46)47)8-17-40(51)50-21-19-49(20-22-50)27-31-4-2-30(3-5-31)18-23-52-36-13-11-35(43)12-14-36;/h2-17,24-26H,18-23,27-28H2,1H3;1H/b17-8+;.